The number of thioether (sulfide) groups is 1. The Morgan fingerprint density at radius 1 is 0.862 bits per heavy atom. The number of carbonyl (C=O) groups is 2. The minimum atomic E-state index is -0.188. The molecule has 4 nitrogen and oxygen atoms in total. The maximum absolute atomic E-state index is 12.1. The standard InChI is InChI=1S/C24H22N2O2S/c1-18-7-5-6-10-22(18)26-24(28)17-29-21-14-12-20(13-15-21)25-23(27)16-11-19-8-3-2-4-9-19/h2-16H,17H2,1H3,(H,25,27)(H,26,28)/b16-11+. The molecule has 0 aliphatic rings. The second kappa shape index (κ2) is 10.3. The van der Waals surface area contributed by atoms with Crippen LogP contribution in [0.25, 0.3) is 6.08 Å². The van der Waals surface area contributed by atoms with Crippen molar-refractivity contribution in [3.05, 3.63) is 96.1 Å². The topological polar surface area (TPSA) is 58.2 Å². The fourth-order valence-electron chi connectivity index (χ4n) is 2.60. The van der Waals surface area contributed by atoms with Crippen LogP contribution < -0.4 is 10.6 Å². The van der Waals surface area contributed by atoms with Gasteiger partial charge in [0.25, 0.3) is 0 Å². The third-order valence-corrected chi connectivity index (χ3v) is 5.15. The fourth-order valence-corrected chi connectivity index (χ4v) is 3.30. The van der Waals surface area contributed by atoms with Crippen molar-refractivity contribution in [1.29, 1.82) is 0 Å². The van der Waals surface area contributed by atoms with Crippen LogP contribution in [-0.2, 0) is 9.59 Å². The molecule has 0 saturated heterocycles. The summed E-state index contributed by atoms with van der Waals surface area (Å²) in [4.78, 5) is 25.1. The average molecular weight is 403 g/mol. The Hall–Kier alpha value is -3.31. The van der Waals surface area contributed by atoms with Crippen molar-refractivity contribution in [2.24, 2.45) is 0 Å². The monoisotopic (exact) mass is 402 g/mol. The molecule has 2 amide bonds. The average Bonchev–Trinajstić information content (AvgIpc) is 2.74. The Balaban J connectivity index is 1.47. The molecule has 0 fully saturated rings. The van der Waals surface area contributed by atoms with E-state index in [0.717, 1.165) is 21.7 Å². The van der Waals surface area contributed by atoms with Gasteiger partial charge in [0.15, 0.2) is 0 Å². The van der Waals surface area contributed by atoms with Gasteiger partial charge in [-0.3, -0.25) is 9.59 Å². The molecule has 3 rings (SSSR count). The molecule has 0 aliphatic carbocycles. The van der Waals surface area contributed by atoms with Gasteiger partial charge in [-0.05, 0) is 54.5 Å². The van der Waals surface area contributed by atoms with Crippen LogP contribution in [0.4, 0.5) is 11.4 Å². The first-order valence-electron chi connectivity index (χ1n) is 9.22. The summed E-state index contributed by atoms with van der Waals surface area (Å²) >= 11 is 1.45. The number of nitrogens with one attached hydrogen (secondary N) is 2. The molecule has 0 aliphatic heterocycles. The lowest BCUT2D eigenvalue weighted by atomic mass is 10.2. The molecular formula is C24H22N2O2S. The molecule has 0 saturated carbocycles. The third-order valence-electron chi connectivity index (χ3n) is 4.14. The highest BCUT2D eigenvalue weighted by molar-refractivity contribution is 8.00. The first-order chi connectivity index (χ1) is 14.1. The number of benzene rings is 3. The smallest absolute Gasteiger partial charge is 0.248 e. The molecule has 2 N–H and O–H groups in total. The summed E-state index contributed by atoms with van der Waals surface area (Å²) in [5.74, 6) is 0.0828. The molecular weight excluding hydrogens is 380 g/mol. The van der Waals surface area contributed by atoms with Gasteiger partial charge in [0.2, 0.25) is 11.8 Å². The molecule has 0 spiro atoms. The quantitative estimate of drug-likeness (QED) is 0.412. The molecule has 0 heterocycles. The molecule has 0 radical (unpaired) electrons. The van der Waals surface area contributed by atoms with Crippen LogP contribution >= 0.6 is 11.8 Å². The Morgan fingerprint density at radius 2 is 1.55 bits per heavy atom. The zero-order chi connectivity index (χ0) is 20.5. The van der Waals surface area contributed by atoms with Gasteiger partial charge in [-0.1, -0.05) is 48.5 Å². The Labute approximate surface area is 175 Å². The molecule has 29 heavy (non-hydrogen) atoms. The molecule has 3 aromatic carbocycles. The number of rotatable bonds is 7. The largest absolute Gasteiger partial charge is 0.325 e. The van der Waals surface area contributed by atoms with Crippen LogP contribution in [0, 0.1) is 6.92 Å². The van der Waals surface area contributed by atoms with Gasteiger partial charge in [-0.2, -0.15) is 0 Å². The molecule has 0 unspecified atom stereocenters. The van der Waals surface area contributed by atoms with E-state index in [1.54, 1.807) is 6.08 Å². The summed E-state index contributed by atoms with van der Waals surface area (Å²) in [6, 6.07) is 24.8. The summed E-state index contributed by atoms with van der Waals surface area (Å²) in [6.45, 7) is 1.96. The van der Waals surface area contributed by atoms with Crippen LogP contribution in [0.2, 0.25) is 0 Å². The predicted octanol–water partition coefficient (Wildman–Crippen LogP) is 5.38. The zero-order valence-electron chi connectivity index (χ0n) is 16.1. The van der Waals surface area contributed by atoms with Crippen molar-refractivity contribution in [3.8, 4) is 0 Å². The van der Waals surface area contributed by atoms with E-state index >= 15 is 0 Å². The highest BCUT2D eigenvalue weighted by Gasteiger charge is 2.06. The SMILES string of the molecule is Cc1ccccc1NC(=O)CSc1ccc(NC(=O)/C=C/c2ccccc2)cc1. The van der Waals surface area contributed by atoms with Gasteiger partial charge in [-0.15, -0.1) is 11.8 Å². The van der Waals surface area contributed by atoms with Crippen molar-refractivity contribution in [2.45, 2.75) is 11.8 Å². The lowest BCUT2D eigenvalue weighted by molar-refractivity contribution is -0.114. The van der Waals surface area contributed by atoms with E-state index in [1.165, 1.54) is 17.8 Å². The lowest BCUT2D eigenvalue weighted by Crippen LogP contribution is -2.14. The number of amides is 2. The minimum absolute atomic E-state index is 0.0484. The molecule has 0 atom stereocenters. The van der Waals surface area contributed by atoms with Gasteiger partial charge < -0.3 is 10.6 Å². The van der Waals surface area contributed by atoms with E-state index < -0.39 is 0 Å². The fraction of sp³-hybridized carbons (Fsp3) is 0.0833. The van der Waals surface area contributed by atoms with E-state index in [2.05, 4.69) is 10.6 Å². The summed E-state index contributed by atoms with van der Waals surface area (Å²) in [6.07, 6.45) is 3.28. The van der Waals surface area contributed by atoms with Gasteiger partial charge >= 0.3 is 0 Å². The van der Waals surface area contributed by atoms with Crippen molar-refractivity contribution in [3.63, 3.8) is 0 Å². The van der Waals surface area contributed by atoms with Crippen LogP contribution in [0.1, 0.15) is 11.1 Å². The van der Waals surface area contributed by atoms with Crippen LogP contribution in [-0.4, -0.2) is 17.6 Å². The van der Waals surface area contributed by atoms with E-state index in [9.17, 15) is 9.59 Å². The number of hydrogen-bond acceptors (Lipinski definition) is 3. The molecule has 0 aromatic heterocycles. The van der Waals surface area contributed by atoms with E-state index in [0.29, 0.717) is 11.4 Å². The van der Waals surface area contributed by atoms with Gasteiger partial charge in [0.1, 0.15) is 0 Å². The number of hydrogen-bond donors (Lipinski definition) is 2. The third kappa shape index (κ3) is 6.66. The summed E-state index contributed by atoms with van der Waals surface area (Å²) in [5, 5.41) is 5.75. The summed E-state index contributed by atoms with van der Waals surface area (Å²) in [5.41, 5.74) is 3.55. The summed E-state index contributed by atoms with van der Waals surface area (Å²) < 4.78 is 0. The highest BCUT2D eigenvalue weighted by atomic mass is 32.2. The van der Waals surface area contributed by atoms with Gasteiger partial charge in [0.05, 0.1) is 5.75 Å². The zero-order valence-corrected chi connectivity index (χ0v) is 16.9. The lowest BCUT2D eigenvalue weighted by Gasteiger charge is -2.08. The second-order valence-corrected chi connectivity index (χ2v) is 7.46. The number of aryl methyl sites for hydroxylation is 1. The summed E-state index contributed by atoms with van der Waals surface area (Å²) in [7, 11) is 0. The number of para-hydroxylation sites is 1. The molecule has 146 valence electrons. The maximum atomic E-state index is 12.1. The van der Waals surface area contributed by atoms with E-state index in [4.69, 9.17) is 0 Å². The van der Waals surface area contributed by atoms with Crippen molar-refractivity contribution in [2.75, 3.05) is 16.4 Å². The normalized spacial score (nSPS) is 10.7. The predicted molar refractivity (Wildman–Crippen MR) is 121 cm³/mol. The number of carbonyl (C=O) groups excluding carboxylic acids is 2. The van der Waals surface area contributed by atoms with Crippen LogP contribution in [0.3, 0.4) is 0 Å². The second-order valence-electron chi connectivity index (χ2n) is 6.41. The van der Waals surface area contributed by atoms with E-state index in [-0.39, 0.29) is 11.8 Å². The Bertz CT molecular complexity index is 999. The minimum Gasteiger partial charge on any atom is -0.325 e. The van der Waals surface area contributed by atoms with Crippen LogP contribution in [0.5, 0.6) is 0 Å². The van der Waals surface area contributed by atoms with Gasteiger partial charge in [0, 0.05) is 22.3 Å². The molecule has 3 aromatic rings. The number of anilines is 2. The Morgan fingerprint density at radius 3 is 2.28 bits per heavy atom. The highest BCUT2D eigenvalue weighted by Crippen LogP contribution is 2.21. The van der Waals surface area contributed by atoms with Crippen molar-refractivity contribution in [1.82, 2.24) is 0 Å². The van der Waals surface area contributed by atoms with Crippen LogP contribution in [0.15, 0.2) is 89.8 Å². The van der Waals surface area contributed by atoms with Crippen molar-refractivity contribution >= 4 is 41.0 Å². The van der Waals surface area contributed by atoms with Crippen molar-refractivity contribution < 1.29 is 9.59 Å². The first kappa shape index (κ1) is 20.4. The first-order valence-corrected chi connectivity index (χ1v) is 10.2. The molecule has 0 bridgehead atoms. The van der Waals surface area contributed by atoms with E-state index in [1.807, 2.05) is 85.8 Å². The Kier molecular flexibility index (Phi) is 7.25. The van der Waals surface area contributed by atoms with Gasteiger partial charge in [-0.25, -0.2) is 0 Å². The maximum Gasteiger partial charge on any atom is 0.248 e. The molecule has 5 heteroatoms.